The summed E-state index contributed by atoms with van der Waals surface area (Å²) in [4.78, 5) is 5.04. The summed E-state index contributed by atoms with van der Waals surface area (Å²) in [6.07, 6.45) is 14.2. The van der Waals surface area contributed by atoms with Crippen LogP contribution >= 0.6 is 0 Å². The van der Waals surface area contributed by atoms with Crippen molar-refractivity contribution in [2.45, 2.75) is 102 Å². The van der Waals surface area contributed by atoms with Crippen molar-refractivity contribution >= 4 is 77.5 Å². The fourth-order valence-electron chi connectivity index (χ4n) is 27.7. The number of para-hydroxylation sites is 3. The van der Waals surface area contributed by atoms with Crippen molar-refractivity contribution in [3.8, 4) is 83.6 Å². The SMILES string of the molecule is C.CC1(C)c2ccccc2-c2cc(N(c3ccc(-c4ccccc4)cc3)c3cccc4cccc(-c5ccc6c(c5)-c5ccccc5C65C6CC7CC(C6)CC5C7)c34)ccc21.c1ccc(-c2cccc(N(c3cccc4c(-c5ccc6c(c5)-c5ccccc5C65C6CC7CC(C6)CC5C7)cccc34)c3cccc4c5ccccc5n(-c5ccccc5)c34)c2)cc1. The maximum Gasteiger partial charge on any atom is 0.0782 e. The predicted molar refractivity (Wildman–Crippen MR) is 524 cm³/mol. The van der Waals surface area contributed by atoms with Gasteiger partial charge in [0, 0.05) is 60.5 Å². The van der Waals surface area contributed by atoms with Crippen molar-refractivity contribution in [3.05, 3.63) is 416 Å². The Kier molecular flexibility index (Phi) is 17.0. The average molecular weight is 1610 g/mol. The number of rotatable bonds is 11. The van der Waals surface area contributed by atoms with E-state index in [1.807, 2.05) is 0 Å². The maximum absolute atomic E-state index is 2.58. The number of benzene rings is 17. The lowest BCUT2D eigenvalue weighted by atomic mass is 9.43. The Balaban J connectivity index is 0.000000136. The third-order valence-corrected chi connectivity index (χ3v) is 32.2. The van der Waals surface area contributed by atoms with Gasteiger partial charge < -0.3 is 14.4 Å². The smallest absolute Gasteiger partial charge is 0.0782 e. The van der Waals surface area contributed by atoms with E-state index in [2.05, 4.69) is 410 Å². The second-order valence-electron chi connectivity index (χ2n) is 38.6. The minimum Gasteiger partial charge on any atom is -0.310 e. The van der Waals surface area contributed by atoms with Crippen LogP contribution in [0.2, 0.25) is 0 Å². The second kappa shape index (κ2) is 28.6. The first kappa shape index (κ1) is 74.3. The highest BCUT2D eigenvalue weighted by atomic mass is 15.2. The van der Waals surface area contributed by atoms with E-state index in [4.69, 9.17) is 0 Å². The van der Waals surface area contributed by atoms with Gasteiger partial charge in [0.1, 0.15) is 0 Å². The van der Waals surface area contributed by atoms with Crippen molar-refractivity contribution in [2.75, 3.05) is 9.80 Å². The van der Waals surface area contributed by atoms with Crippen LogP contribution in [0.4, 0.5) is 34.1 Å². The van der Waals surface area contributed by atoms with Crippen LogP contribution in [0.25, 0.3) is 127 Å². The first-order chi connectivity index (χ1) is 61.2. The lowest BCUT2D eigenvalue weighted by Gasteiger charge is -2.61. The number of aromatic nitrogens is 1. The Labute approximate surface area is 735 Å². The Morgan fingerprint density at radius 1 is 0.248 bits per heavy atom. The normalized spacial score (nSPS) is 22.2. The minimum absolute atomic E-state index is 0. The molecule has 3 heteroatoms. The Hall–Kier alpha value is -13.3. The monoisotopic (exact) mass is 1610 g/mol. The topological polar surface area (TPSA) is 11.4 Å². The highest BCUT2D eigenvalue weighted by Gasteiger charge is 2.63. The van der Waals surface area contributed by atoms with E-state index in [1.54, 1.807) is 22.3 Å². The van der Waals surface area contributed by atoms with Gasteiger partial charge in [-0.25, -0.2) is 0 Å². The summed E-state index contributed by atoms with van der Waals surface area (Å²) in [6.45, 7) is 4.74. The van der Waals surface area contributed by atoms with Crippen LogP contribution in [0.1, 0.15) is 119 Å². The van der Waals surface area contributed by atoms with E-state index in [0.29, 0.717) is 0 Å². The molecule has 29 rings (SSSR count). The highest BCUT2D eigenvalue weighted by Crippen LogP contribution is 2.72. The fourth-order valence-corrected chi connectivity index (χ4v) is 27.7. The quantitative estimate of drug-likeness (QED) is 0.128. The summed E-state index contributed by atoms with van der Waals surface area (Å²) in [5.41, 5.74) is 38.5. The van der Waals surface area contributed by atoms with Crippen molar-refractivity contribution in [3.63, 3.8) is 0 Å². The largest absolute Gasteiger partial charge is 0.310 e. The zero-order chi connectivity index (χ0) is 81.7. The molecule has 17 aromatic carbocycles. The molecule has 0 atom stereocenters. The molecule has 0 N–H and O–H groups in total. The molecular formula is C122H101N3. The van der Waals surface area contributed by atoms with Gasteiger partial charge in [-0.2, -0.15) is 0 Å². The van der Waals surface area contributed by atoms with E-state index in [9.17, 15) is 0 Å². The van der Waals surface area contributed by atoms with Crippen LogP contribution in [0, 0.1) is 47.3 Å². The van der Waals surface area contributed by atoms with Crippen LogP contribution in [0.15, 0.2) is 382 Å². The molecule has 0 amide bonds. The second-order valence-corrected chi connectivity index (χ2v) is 38.6. The Morgan fingerprint density at radius 2 is 0.648 bits per heavy atom. The standard InChI is InChI=1S/C62H48N2.C59H49N.CH4/c1-3-15-42(16-4-1)43-17-11-20-48(38-43)63(60-30-14-26-54-53-22-8-10-28-59(53)64(61(54)60)47-18-5-2-6-19-47)58-29-13-24-50-49(23-12-25-52(50)58)44-31-32-57-55(39-44)51-21-7-9-27-56(51)62(57)45-34-40-33-41(36-45)37-46(62)35-40;1-58(2)52-19-8-6-16-48(52)51-36-46(27-29-53(51)58)60(45-25-22-40(23-26-45)39-12-4-3-5-13-39)56-21-11-15-41-14-10-18-47(57(41)56)42-24-28-55-50(35-42)49-17-7-9-20-54(49)59(55)43-31-37-30-38(33-43)34-44(59)32-37;/h1-32,38-41,45-46H,33-37H2;3-29,35-38,43-44H,30-34H2,1-2H3;1H4. The fraction of sp³-hybridized carbons (Fsp3) is 0.197. The molecule has 0 radical (unpaired) electrons. The van der Waals surface area contributed by atoms with Gasteiger partial charge in [0.05, 0.1) is 28.1 Å². The van der Waals surface area contributed by atoms with E-state index >= 15 is 0 Å². The first-order valence-electron chi connectivity index (χ1n) is 46.0. The van der Waals surface area contributed by atoms with Crippen LogP contribution in [0.5, 0.6) is 0 Å². The summed E-state index contributed by atoms with van der Waals surface area (Å²) >= 11 is 0. The van der Waals surface area contributed by atoms with Crippen LogP contribution in [-0.2, 0) is 16.2 Å². The molecule has 2 spiro atoms. The van der Waals surface area contributed by atoms with Crippen molar-refractivity contribution in [1.82, 2.24) is 4.57 Å². The summed E-state index contributed by atoms with van der Waals surface area (Å²) in [5, 5.41) is 7.50. The number of nitrogens with zero attached hydrogens (tertiary/aromatic N) is 3. The predicted octanol–water partition coefficient (Wildman–Crippen LogP) is 32.8. The molecule has 18 aromatic rings. The zero-order valence-corrected chi connectivity index (χ0v) is 70.4. The molecule has 604 valence electrons. The molecule has 1 aromatic heterocycles. The lowest BCUT2D eigenvalue weighted by Crippen LogP contribution is -2.55. The summed E-state index contributed by atoms with van der Waals surface area (Å²) in [6, 6.07) is 145. The zero-order valence-electron chi connectivity index (χ0n) is 70.4. The Bertz CT molecular complexity index is 7300. The number of hydrogen-bond donors (Lipinski definition) is 0. The van der Waals surface area contributed by atoms with Gasteiger partial charge in [-0.15, -0.1) is 0 Å². The van der Waals surface area contributed by atoms with Crippen molar-refractivity contribution in [2.24, 2.45) is 47.3 Å². The van der Waals surface area contributed by atoms with Crippen LogP contribution < -0.4 is 9.80 Å². The van der Waals surface area contributed by atoms with E-state index in [-0.39, 0.29) is 23.7 Å². The number of fused-ring (bicyclic) bond motifs is 14. The van der Waals surface area contributed by atoms with Gasteiger partial charge in [0.25, 0.3) is 0 Å². The molecule has 125 heavy (non-hydrogen) atoms. The van der Waals surface area contributed by atoms with Crippen LogP contribution in [0.3, 0.4) is 0 Å². The molecule has 8 bridgehead atoms. The molecule has 3 nitrogen and oxygen atoms in total. The van der Waals surface area contributed by atoms with Gasteiger partial charge in [0.15, 0.2) is 0 Å². The molecular weight excluding hydrogens is 1510 g/mol. The summed E-state index contributed by atoms with van der Waals surface area (Å²) in [7, 11) is 0. The molecule has 0 unspecified atom stereocenters. The lowest BCUT2D eigenvalue weighted by molar-refractivity contribution is -0.0399. The van der Waals surface area contributed by atoms with E-state index in [1.165, 1.54) is 208 Å². The average Bonchev–Trinajstić information content (AvgIpc) is 1.54. The van der Waals surface area contributed by atoms with E-state index in [0.717, 1.165) is 75.8 Å². The number of hydrogen-bond acceptors (Lipinski definition) is 2. The van der Waals surface area contributed by atoms with Crippen molar-refractivity contribution < 1.29 is 0 Å². The molecule has 8 saturated carbocycles. The minimum atomic E-state index is -0.0549. The van der Waals surface area contributed by atoms with Gasteiger partial charge in [0.2, 0.25) is 0 Å². The maximum atomic E-state index is 2.58. The molecule has 0 saturated heterocycles. The van der Waals surface area contributed by atoms with Gasteiger partial charge in [-0.3, -0.25) is 0 Å². The molecule has 0 aliphatic heterocycles. The van der Waals surface area contributed by atoms with Gasteiger partial charge in [-0.05, 0) is 319 Å². The van der Waals surface area contributed by atoms with Gasteiger partial charge >= 0.3 is 0 Å². The number of anilines is 6. The third kappa shape index (κ3) is 11.1. The van der Waals surface area contributed by atoms with Gasteiger partial charge in [-0.1, -0.05) is 319 Å². The summed E-state index contributed by atoms with van der Waals surface area (Å²) in [5.74, 6) is 6.78. The Morgan fingerprint density at radius 3 is 1.28 bits per heavy atom. The van der Waals surface area contributed by atoms with E-state index < -0.39 is 0 Å². The van der Waals surface area contributed by atoms with Crippen LogP contribution in [-0.4, -0.2) is 4.57 Å². The molecule has 1 heterocycles. The highest BCUT2D eigenvalue weighted by molar-refractivity contribution is 6.16. The molecule has 11 aliphatic rings. The first-order valence-corrected chi connectivity index (χ1v) is 46.0. The molecule has 8 fully saturated rings. The third-order valence-electron chi connectivity index (χ3n) is 32.2. The summed E-state index contributed by atoms with van der Waals surface area (Å²) < 4.78 is 2.46. The van der Waals surface area contributed by atoms with Crippen molar-refractivity contribution in [1.29, 1.82) is 0 Å². The molecule has 11 aliphatic carbocycles.